The topological polar surface area (TPSA) is 77.8 Å². The fourth-order valence-electron chi connectivity index (χ4n) is 3.00. The lowest BCUT2D eigenvalue weighted by atomic mass is 10.1. The third-order valence-electron chi connectivity index (χ3n) is 4.39. The van der Waals surface area contributed by atoms with Gasteiger partial charge in [-0.05, 0) is 48.9 Å². The number of carbonyl (C=O) groups excluding carboxylic acids is 1. The molecule has 6 nitrogen and oxygen atoms in total. The molecule has 4 aromatic rings. The molecule has 0 aliphatic rings. The van der Waals surface area contributed by atoms with Gasteiger partial charge in [0.15, 0.2) is 6.61 Å². The molecule has 0 aliphatic carbocycles. The molecule has 150 valence electrons. The third kappa shape index (κ3) is 4.67. The van der Waals surface area contributed by atoms with Crippen LogP contribution in [0.25, 0.3) is 11.0 Å². The highest BCUT2D eigenvalue weighted by molar-refractivity contribution is 5.92. The fraction of sp³-hybridized carbons (Fsp3) is 0.0833. The van der Waals surface area contributed by atoms with Gasteiger partial charge in [-0.2, -0.15) is 0 Å². The summed E-state index contributed by atoms with van der Waals surface area (Å²) in [6.45, 7) is 1.65. The van der Waals surface area contributed by atoms with E-state index in [1.807, 2.05) is 43.3 Å². The molecule has 0 radical (unpaired) electrons. The van der Waals surface area contributed by atoms with Crippen molar-refractivity contribution in [1.29, 1.82) is 0 Å². The molecule has 0 bridgehead atoms. The summed E-state index contributed by atoms with van der Waals surface area (Å²) in [6, 6.07) is 23.1. The Morgan fingerprint density at radius 2 is 1.70 bits per heavy atom. The van der Waals surface area contributed by atoms with E-state index in [0.717, 1.165) is 10.9 Å². The summed E-state index contributed by atoms with van der Waals surface area (Å²) in [5.74, 6) is 1.44. The Morgan fingerprint density at radius 3 is 2.53 bits per heavy atom. The number of anilines is 1. The van der Waals surface area contributed by atoms with Crippen molar-refractivity contribution in [3.05, 3.63) is 94.8 Å². The van der Waals surface area contributed by atoms with Gasteiger partial charge in [0.1, 0.15) is 22.8 Å². The monoisotopic (exact) mass is 401 g/mol. The van der Waals surface area contributed by atoms with Gasteiger partial charge < -0.3 is 19.2 Å². The number of hydrogen-bond donors (Lipinski definition) is 1. The van der Waals surface area contributed by atoms with Crippen LogP contribution in [0.3, 0.4) is 0 Å². The second kappa shape index (κ2) is 8.53. The van der Waals surface area contributed by atoms with Crippen LogP contribution in [0.5, 0.6) is 17.2 Å². The van der Waals surface area contributed by atoms with Crippen LogP contribution in [0.4, 0.5) is 5.69 Å². The molecule has 1 N–H and O–H groups in total. The van der Waals surface area contributed by atoms with Gasteiger partial charge in [-0.1, -0.05) is 24.3 Å². The number of carbonyl (C=O) groups is 1. The second-order valence-electron chi connectivity index (χ2n) is 6.69. The number of nitrogens with one attached hydrogen (secondary N) is 1. The van der Waals surface area contributed by atoms with Gasteiger partial charge in [-0.25, -0.2) is 4.79 Å². The molecular weight excluding hydrogens is 382 g/mol. The maximum absolute atomic E-state index is 12.3. The quantitative estimate of drug-likeness (QED) is 0.465. The molecule has 0 atom stereocenters. The maximum atomic E-state index is 12.3. The first kappa shape index (κ1) is 19.3. The van der Waals surface area contributed by atoms with Crippen molar-refractivity contribution in [1.82, 2.24) is 0 Å². The minimum atomic E-state index is -0.424. The summed E-state index contributed by atoms with van der Waals surface area (Å²) >= 11 is 0. The van der Waals surface area contributed by atoms with Crippen LogP contribution in [0.2, 0.25) is 0 Å². The van der Waals surface area contributed by atoms with Gasteiger partial charge in [0.05, 0.1) is 0 Å². The number of fused-ring (bicyclic) bond motifs is 1. The smallest absolute Gasteiger partial charge is 0.336 e. The molecule has 6 heteroatoms. The Balaban J connectivity index is 1.39. The van der Waals surface area contributed by atoms with E-state index in [0.29, 0.717) is 28.5 Å². The summed E-state index contributed by atoms with van der Waals surface area (Å²) in [5.41, 5.74) is 1.41. The van der Waals surface area contributed by atoms with Gasteiger partial charge in [0, 0.05) is 29.3 Å². The number of benzene rings is 3. The van der Waals surface area contributed by atoms with Crippen molar-refractivity contribution in [2.24, 2.45) is 0 Å². The average molecular weight is 401 g/mol. The van der Waals surface area contributed by atoms with Crippen molar-refractivity contribution >= 4 is 22.6 Å². The van der Waals surface area contributed by atoms with E-state index in [4.69, 9.17) is 13.9 Å². The van der Waals surface area contributed by atoms with Crippen LogP contribution in [0.15, 0.2) is 88.1 Å². The lowest BCUT2D eigenvalue weighted by Gasteiger charge is -2.10. The van der Waals surface area contributed by atoms with Crippen LogP contribution < -0.4 is 20.4 Å². The number of aryl methyl sites for hydroxylation is 1. The van der Waals surface area contributed by atoms with Crippen molar-refractivity contribution < 1.29 is 18.7 Å². The molecule has 4 rings (SSSR count). The minimum absolute atomic E-state index is 0.189. The predicted molar refractivity (Wildman–Crippen MR) is 114 cm³/mol. The minimum Gasteiger partial charge on any atom is -0.484 e. The molecule has 0 fully saturated rings. The zero-order valence-electron chi connectivity index (χ0n) is 16.3. The van der Waals surface area contributed by atoms with Gasteiger partial charge >= 0.3 is 5.63 Å². The van der Waals surface area contributed by atoms with Crippen LogP contribution in [-0.2, 0) is 4.79 Å². The van der Waals surface area contributed by atoms with Gasteiger partial charge in [-0.15, -0.1) is 0 Å². The maximum Gasteiger partial charge on any atom is 0.336 e. The molecule has 1 amide bonds. The molecule has 0 spiro atoms. The van der Waals surface area contributed by atoms with Gasteiger partial charge in [-0.3, -0.25) is 4.79 Å². The largest absolute Gasteiger partial charge is 0.484 e. The first-order valence-corrected chi connectivity index (χ1v) is 9.37. The Bertz CT molecular complexity index is 1250. The molecular formula is C24H19NO5. The van der Waals surface area contributed by atoms with Crippen LogP contribution in [-0.4, -0.2) is 12.5 Å². The fourth-order valence-corrected chi connectivity index (χ4v) is 3.00. The highest BCUT2D eigenvalue weighted by Gasteiger charge is 2.08. The highest BCUT2D eigenvalue weighted by atomic mass is 16.5. The number of ether oxygens (including phenoxy) is 2. The SMILES string of the molecule is Cc1cc(=O)oc2cc(OCC(=O)Nc3cccc(Oc4ccccc4)c3)ccc12. The summed E-state index contributed by atoms with van der Waals surface area (Å²) < 4.78 is 16.5. The molecule has 1 heterocycles. The first-order valence-electron chi connectivity index (χ1n) is 9.37. The van der Waals surface area contributed by atoms with E-state index in [1.54, 1.807) is 36.4 Å². The summed E-state index contributed by atoms with van der Waals surface area (Å²) in [7, 11) is 0. The Kier molecular flexibility index (Phi) is 5.48. The lowest BCUT2D eigenvalue weighted by molar-refractivity contribution is -0.118. The Morgan fingerprint density at radius 1 is 0.900 bits per heavy atom. The summed E-state index contributed by atoms with van der Waals surface area (Å²) in [4.78, 5) is 23.8. The zero-order valence-corrected chi connectivity index (χ0v) is 16.3. The van der Waals surface area contributed by atoms with Gasteiger partial charge in [0.2, 0.25) is 0 Å². The predicted octanol–water partition coefficient (Wildman–Crippen LogP) is 4.91. The summed E-state index contributed by atoms with van der Waals surface area (Å²) in [5, 5.41) is 3.60. The molecule has 0 unspecified atom stereocenters. The second-order valence-corrected chi connectivity index (χ2v) is 6.69. The third-order valence-corrected chi connectivity index (χ3v) is 4.39. The van der Waals surface area contributed by atoms with Crippen molar-refractivity contribution in [2.45, 2.75) is 6.92 Å². The molecule has 30 heavy (non-hydrogen) atoms. The van der Waals surface area contributed by atoms with Crippen molar-refractivity contribution in [3.63, 3.8) is 0 Å². The van der Waals surface area contributed by atoms with E-state index in [1.165, 1.54) is 6.07 Å². The van der Waals surface area contributed by atoms with Crippen molar-refractivity contribution in [3.8, 4) is 17.2 Å². The molecule has 0 saturated heterocycles. The highest BCUT2D eigenvalue weighted by Crippen LogP contribution is 2.24. The van der Waals surface area contributed by atoms with E-state index in [2.05, 4.69) is 5.32 Å². The number of rotatable bonds is 6. The van der Waals surface area contributed by atoms with E-state index in [-0.39, 0.29) is 12.5 Å². The zero-order chi connectivity index (χ0) is 20.9. The van der Waals surface area contributed by atoms with E-state index < -0.39 is 5.63 Å². The molecule has 3 aromatic carbocycles. The molecule has 0 aliphatic heterocycles. The number of para-hydroxylation sites is 1. The van der Waals surface area contributed by atoms with Gasteiger partial charge in [0.25, 0.3) is 5.91 Å². The van der Waals surface area contributed by atoms with Crippen LogP contribution in [0.1, 0.15) is 5.56 Å². The summed E-state index contributed by atoms with van der Waals surface area (Å²) in [6.07, 6.45) is 0. The number of amides is 1. The standard InChI is InChI=1S/C24H19NO5/c1-16-12-24(27)30-22-14-19(10-11-21(16)22)28-15-23(26)25-17-6-5-9-20(13-17)29-18-7-3-2-4-8-18/h2-14H,15H2,1H3,(H,25,26). The van der Waals surface area contributed by atoms with Crippen molar-refractivity contribution in [2.75, 3.05) is 11.9 Å². The van der Waals surface area contributed by atoms with Crippen LogP contribution >= 0.6 is 0 Å². The first-order chi connectivity index (χ1) is 14.6. The Hall–Kier alpha value is -4.06. The Labute approximate surface area is 172 Å². The number of hydrogen-bond acceptors (Lipinski definition) is 5. The normalized spacial score (nSPS) is 10.6. The average Bonchev–Trinajstić information content (AvgIpc) is 2.73. The van der Waals surface area contributed by atoms with E-state index >= 15 is 0 Å². The molecule has 0 saturated carbocycles. The lowest BCUT2D eigenvalue weighted by Crippen LogP contribution is -2.20. The van der Waals surface area contributed by atoms with Crippen LogP contribution in [0, 0.1) is 6.92 Å². The van der Waals surface area contributed by atoms with E-state index in [9.17, 15) is 9.59 Å². The molecule has 1 aromatic heterocycles.